The molecular formula is C23H19N3O3. The summed E-state index contributed by atoms with van der Waals surface area (Å²) in [6, 6.07) is 15.0. The van der Waals surface area contributed by atoms with Crippen molar-refractivity contribution in [3.8, 4) is 6.07 Å². The molecule has 0 N–H and O–H groups in total. The minimum absolute atomic E-state index is 0.197. The fraction of sp³-hybridized carbons (Fsp3) is 0.304. The molecule has 2 unspecified atom stereocenters. The van der Waals surface area contributed by atoms with Gasteiger partial charge in [0.15, 0.2) is 0 Å². The van der Waals surface area contributed by atoms with Crippen LogP contribution in [-0.4, -0.2) is 39.6 Å². The quantitative estimate of drug-likeness (QED) is 0.707. The molecule has 0 spiro atoms. The van der Waals surface area contributed by atoms with E-state index in [2.05, 4.69) is 6.07 Å². The largest absolute Gasteiger partial charge is 0.318 e. The standard InChI is InChI=1S/C23H19N3O3/c24-13-15-7-5-11-19-16-8-2-1-6-14(16)12-20(23(29)25(15)19)26-21(27)17-9-3-4-10-18(17)22(26)28/h1-4,6,8-10,15,19-20H,5,7,11-12H2/t15-,19?,20?/m0/s1. The van der Waals surface area contributed by atoms with Gasteiger partial charge in [-0.05, 0) is 42.5 Å². The van der Waals surface area contributed by atoms with Gasteiger partial charge >= 0.3 is 0 Å². The Balaban J connectivity index is 1.63. The minimum Gasteiger partial charge on any atom is -0.318 e. The van der Waals surface area contributed by atoms with Crippen molar-refractivity contribution in [2.45, 2.75) is 43.8 Å². The molecule has 0 radical (unpaired) electrons. The summed E-state index contributed by atoms with van der Waals surface area (Å²) in [7, 11) is 0. The lowest BCUT2D eigenvalue weighted by molar-refractivity contribution is -0.140. The van der Waals surface area contributed by atoms with Crippen LogP contribution in [-0.2, 0) is 11.2 Å². The molecule has 3 aliphatic heterocycles. The predicted molar refractivity (Wildman–Crippen MR) is 104 cm³/mol. The molecule has 1 fully saturated rings. The van der Waals surface area contributed by atoms with Crippen molar-refractivity contribution in [3.05, 3.63) is 70.8 Å². The molecule has 6 heteroatoms. The molecule has 0 saturated carbocycles. The van der Waals surface area contributed by atoms with Crippen molar-refractivity contribution in [2.24, 2.45) is 0 Å². The maximum Gasteiger partial charge on any atom is 0.262 e. The first kappa shape index (κ1) is 17.6. The minimum atomic E-state index is -0.942. The van der Waals surface area contributed by atoms with E-state index in [1.165, 1.54) is 0 Å². The van der Waals surface area contributed by atoms with E-state index in [9.17, 15) is 19.6 Å². The zero-order valence-electron chi connectivity index (χ0n) is 15.7. The average molecular weight is 385 g/mol. The molecule has 144 valence electrons. The number of fused-ring (bicyclic) bond motifs is 4. The Morgan fingerprint density at radius 1 is 0.862 bits per heavy atom. The highest BCUT2D eigenvalue weighted by atomic mass is 16.2. The van der Waals surface area contributed by atoms with Gasteiger partial charge in [0.1, 0.15) is 12.1 Å². The smallest absolute Gasteiger partial charge is 0.262 e. The zero-order valence-corrected chi connectivity index (χ0v) is 15.7. The Morgan fingerprint density at radius 2 is 1.52 bits per heavy atom. The predicted octanol–water partition coefficient (Wildman–Crippen LogP) is 2.85. The summed E-state index contributed by atoms with van der Waals surface area (Å²) < 4.78 is 0. The Bertz CT molecular complexity index is 1050. The summed E-state index contributed by atoms with van der Waals surface area (Å²) in [5.41, 5.74) is 2.62. The maximum absolute atomic E-state index is 13.7. The first-order valence-corrected chi connectivity index (χ1v) is 9.88. The van der Waals surface area contributed by atoms with Crippen molar-refractivity contribution in [1.29, 1.82) is 5.26 Å². The molecule has 5 rings (SSSR count). The molecule has 29 heavy (non-hydrogen) atoms. The van der Waals surface area contributed by atoms with Crippen molar-refractivity contribution >= 4 is 17.7 Å². The lowest BCUT2D eigenvalue weighted by Gasteiger charge is -2.40. The highest BCUT2D eigenvalue weighted by Gasteiger charge is 2.48. The molecule has 3 aliphatic rings. The monoisotopic (exact) mass is 385 g/mol. The second-order valence-corrected chi connectivity index (χ2v) is 7.78. The number of benzene rings is 2. The van der Waals surface area contributed by atoms with Crippen LogP contribution in [0.25, 0.3) is 0 Å². The number of nitriles is 1. The highest BCUT2D eigenvalue weighted by Crippen LogP contribution is 2.40. The van der Waals surface area contributed by atoms with Gasteiger partial charge in [0.2, 0.25) is 5.91 Å². The van der Waals surface area contributed by atoms with Crippen molar-refractivity contribution < 1.29 is 14.4 Å². The lowest BCUT2D eigenvalue weighted by Crippen LogP contribution is -2.54. The van der Waals surface area contributed by atoms with Crippen LogP contribution in [0.4, 0.5) is 0 Å². The third-order valence-corrected chi connectivity index (χ3v) is 6.28. The molecule has 0 aromatic heterocycles. The summed E-state index contributed by atoms with van der Waals surface area (Å²) in [5, 5.41) is 9.69. The summed E-state index contributed by atoms with van der Waals surface area (Å²) in [6.07, 6.45) is 2.51. The summed E-state index contributed by atoms with van der Waals surface area (Å²) in [5.74, 6) is -1.19. The van der Waals surface area contributed by atoms with Crippen LogP contribution >= 0.6 is 0 Å². The fourth-order valence-electron chi connectivity index (χ4n) is 4.94. The van der Waals surface area contributed by atoms with Crippen LogP contribution in [0.2, 0.25) is 0 Å². The van der Waals surface area contributed by atoms with Gasteiger partial charge in [-0.15, -0.1) is 0 Å². The third kappa shape index (κ3) is 2.51. The molecule has 0 aliphatic carbocycles. The summed E-state index contributed by atoms with van der Waals surface area (Å²) >= 11 is 0. The summed E-state index contributed by atoms with van der Waals surface area (Å²) in [4.78, 5) is 42.5. The van der Waals surface area contributed by atoms with Crippen molar-refractivity contribution in [3.63, 3.8) is 0 Å². The molecule has 6 nitrogen and oxygen atoms in total. The van der Waals surface area contributed by atoms with Gasteiger partial charge in [0.05, 0.1) is 23.2 Å². The number of piperidine rings is 1. The topological polar surface area (TPSA) is 81.5 Å². The van der Waals surface area contributed by atoms with Gasteiger partial charge in [0, 0.05) is 6.42 Å². The summed E-state index contributed by atoms with van der Waals surface area (Å²) in [6.45, 7) is 0. The third-order valence-electron chi connectivity index (χ3n) is 6.28. The van der Waals surface area contributed by atoms with Crippen molar-refractivity contribution in [2.75, 3.05) is 0 Å². The van der Waals surface area contributed by atoms with Crippen LogP contribution in [0.1, 0.15) is 57.1 Å². The van der Waals surface area contributed by atoms with Crippen LogP contribution in [0.15, 0.2) is 48.5 Å². The van der Waals surface area contributed by atoms with E-state index in [4.69, 9.17) is 0 Å². The molecule has 1 saturated heterocycles. The Morgan fingerprint density at radius 3 is 2.21 bits per heavy atom. The van der Waals surface area contributed by atoms with Gasteiger partial charge in [-0.3, -0.25) is 19.3 Å². The normalized spacial score (nSPS) is 25.8. The van der Waals surface area contributed by atoms with Gasteiger partial charge in [0.25, 0.3) is 11.8 Å². The first-order chi connectivity index (χ1) is 14.1. The molecule has 3 amide bonds. The highest BCUT2D eigenvalue weighted by molar-refractivity contribution is 6.22. The SMILES string of the molecule is N#C[C@@H]1CCCC2c3ccccc3CC(N3C(=O)c4ccccc4C3=O)C(=O)N21. The van der Waals surface area contributed by atoms with Crippen LogP contribution < -0.4 is 0 Å². The zero-order chi connectivity index (χ0) is 20.1. The van der Waals surface area contributed by atoms with E-state index in [1.54, 1.807) is 29.2 Å². The van der Waals surface area contributed by atoms with E-state index < -0.39 is 23.9 Å². The molecular weight excluding hydrogens is 366 g/mol. The molecule has 0 bridgehead atoms. The number of imide groups is 1. The maximum atomic E-state index is 13.7. The van der Waals surface area contributed by atoms with E-state index in [0.29, 0.717) is 17.5 Å². The van der Waals surface area contributed by atoms with E-state index in [1.807, 2.05) is 24.3 Å². The Labute approximate surface area is 168 Å². The van der Waals surface area contributed by atoms with E-state index in [0.717, 1.165) is 28.9 Å². The van der Waals surface area contributed by atoms with E-state index >= 15 is 0 Å². The average Bonchev–Trinajstić information content (AvgIpc) is 2.93. The Kier molecular flexibility index (Phi) is 3.99. The number of rotatable bonds is 1. The molecule has 3 atom stereocenters. The van der Waals surface area contributed by atoms with E-state index in [-0.39, 0.29) is 18.4 Å². The number of carbonyl (C=O) groups excluding carboxylic acids is 3. The number of hydrogen-bond acceptors (Lipinski definition) is 4. The second kappa shape index (κ2) is 6.56. The number of amides is 3. The Hall–Kier alpha value is -3.46. The lowest BCUT2D eigenvalue weighted by atomic mass is 9.89. The fourth-order valence-corrected chi connectivity index (χ4v) is 4.94. The second-order valence-electron chi connectivity index (χ2n) is 7.78. The van der Waals surface area contributed by atoms with Gasteiger partial charge < -0.3 is 4.90 Å². The first-order valence-electron chi connectivity index (χ1n) is 9.88. The number of carbonyl (C=O) groups is 3. The van der Waals surface area contributed by atoms with Gasteiger partial charge in [-0.2, -0.15) is 5.26 Å². The van der Waals surface area contributed by atoms with Gasteiger partial charge in [-0.25, -0.2) is 0 Å². The van der Waals surface area contributed by atoms with Crippen LogP contribution in [0.3, 0.4) is 0 Å². The molecule has 2 aromatic carbocycles. The van der Waals surface area contributed by atoms with Crippen LogP contribution in [0, 0.1) is 11.3 Å². The van der Waals surface area contributed by atoms with Crippen LogP contribution in [0.5, 0.6) is 0 Å². The van der Waals surface area contributed by atoms with Crippen molar-refractivity contribution in [1.82, 2.24) is 9.80 Å². The molecule has 2 aromatic rings. The van der Waals surface area contributed by atoms with Gasteiger partial charge in [-0.1, -0.05) is 36.4 Å². The number of hydrogen-bond donors (Lipinski definition) is 0. The number of nitrogens with zero attached hydrogens (tertiary/aromatic N) is 3. The molecule has 3 heterocycles.